The van der Waals surface area contributed by atoms with Crippen molar-refractivity contribution in [2.24, 2.45) is 0 Å². The highest BCUT2D eigenvalue weighted by Gasteiger charge is 2.31. The highest BCUT2D eigenvalue weighted by Crippen LogP contribution is 2.34. The SMILES string of the molecule is CCCCc1nc(O)c(S(=O)(=O)c2ccc(-c3ccc(N4CCOCC4)nc3)cc2)c(=O)n1-c1c(OC)cccc1OC. The van der Waals surface area contributed by atoms with Crippen molar-refractivity contribution in [3.05, 3.63) is 77.0 Å². The van der Waals surface area contributed by atoms with Gasteiger partial charge in [-0.2, -0.15) is 4.98 Å². The number of hydrogen-bond acceptors (Lipinski definition) is 10. The maximum Gasteiger partial charge on any atom is 0.281 e. The molecule has 2 aromatic carbocycles. The molecular weight excluding hydrogens is 572 g/mol. The van der Waals surface area contributed by atoms with Gasteiger partial charge in [0.15, 0.2) is 4.90 Å². The second kappa shape index (κ2) is 12.8. The first-order valence-corrected chi connectivity index (χ1v) is 15.5. The van der Waals surface area contributed by atoms with Crippen LogP contribution in [0.2, 0.25) is 0 Å². The third kappa shape index (κ3) is 5.93. The summed E-state index contributed by atoms with van der Waals surface area (Å²) >= 11 is 0. The van der Waals surface area contributed by atoms with Gasteiger partial charge in [0.2, 0.25) is 15.7 Å². The van der Waals surface area contributed by atoms with Gasteiger partial charge in [-0.1, -0.05) is 31.5 Å². The van der Waals surface area contributed by atoms with Crippen LogP contribution in [0, 0.1) is 0 Å². The quantitative estimate of drug-likeness (QED) is 0.282. The summed E-state index contributed by atoms with van der Waals surface area (Å²) in [4.78, 5) is 24.0. The fourth-order valence-electron chi connectivity index (χ4n) is 5.04. The summed E-state index contributed by atoms with van der Waals surface area (Å²) in [5, 5.41) is 10.9. The molecule has 11 nitrogen and oxygen atoms in total. The number of pyridine rings is 1. The number of unbranched alkanes of at least 4 members (excludes halogenated alkanes) is 1. The summed E-state index contributed by atoms with van der Waals surface area (Å²) in [5.41, 5.74) is 0.800. The van der Waals surface area contributed by atoms with Gasteiger partial charge < -0.3 is 24.2 Å². The largest absolute Gasteiger partial charge is 0.494 e. The number of benzene rings is 2. The van der Waals surface area contributed by atoms with Crippen molar-refractivity contribution in [3.8, 4) is 34.2 Å². The Morgan fingerprint density at radius 2 is 1.60 bits per heavy atom. The normalized spacial score (nSPS) is 13.6. The Morgan fingerprint density at radius 1 is 0.953 bits per heavy atom. The number of nitrogens with zero attached hydrogens (tertiary/aromatic N) is 4. The van der Waals surface area contributed by atoms with Gasteiger partial charge in [0, 0.05) is 31.3 Å². The Labute approximate surface area is 250 Å². The molecule has 5 rings (SSSR count). The molecule has 0 saturated carbocycles. The van der Waals surface area contributed by atoms with Gasteiger partial charge in [0.25, 0.3) is 5.56 Å². The molecule has 1 fully saturated rings. The van der Waals surface area contributed by atoms with E-state index >= 15 is 0 Å². The predicted octanol–water partition coefficient (Wildman–Crippen LogP) is 4.03. The number of hydrogen-bond donors (Lipinski definition) is 1. The molecule has 1 aliphatic heterocycles. The van der Waals surface area contributed by atoms with Gasteiger partial charge >= 0.3 is 0 Å². The van der Waals surface area contributed by atoms with Gasteiger partial charge in [-0.15, -0.1) is 0 Å². The van der Waals surface area contributed by atoms with Gasteiger partial charge in [-0.3, -0.25) is 9.36 Å². The van der Waals surface area contributed by atoms with Crippen molar-refractivity contribution in [2.75, 3.05) is 45.4 Å². The zero-order valence-corrected chi connectivity index (χ0v) is 25.1. The van der Waals surface area contributed by atoms with Crippen molar-refractivity contribution < 1.29 is 27.7 Å². The van der Waals surface area contributed by atoms with E-state index in [1.165, 1.54) is 26.4 Å². The second-order valence-corrected chi connectivity index (χ2v) is 11.9. The Bertz CT molecular complexity index is 1730. The van der Waals surface area contributed by atoms with E-state index in [-0.39, 0.29) is 27.9 Å². The number of anilines is 1. The van der Waals surface area contributed by atoms with E-state index in [9.17, 15) is 18.3 Å². The number of methoxy groups -OCH3 is 2. The van der Waals surface area contributed by atoms with Crippen molar-refractivity contribution in [1.82, 2.24) is 14.5 Å². The zero-order valence-electron chi connectivity index (χ0n) is 24.3. The van der Waals surface area contributed by atoms with Crippen LogP contribution >= 0.6 is 0 Å². The Kier molecular flexibility index (Phi) is 8.97. The molecule has 12 heteroatoms. The van der Waals surface area contributed by atoms with Crippen molar-refractivity contribution in [3.63, 3.8) is 0 Å². The summed E-state index contributed by atoms with van der Waals surface area (Å²) < 4.78 is 45.3. The van der Waals surface area contributed by atoms with E-state index in [0.29, 0.717) is 26.1 Å². The highest BCUT2D eigenvalue weighted by atomic mass is 32.2. The lowest BCUT2D eigenvalue weighted by atomic mass is 10.1. The lowest BCUT2D eigenvalue weighted by molar-refractivity contribution is 0.122. The number of sulfone groups is 1. The first-order chi connectivity index (χ1) is 20.8. The maximum atomic E-state index is 14.0. The summed E-state index contributed by atoms with van der Waals surface area (Å²) in [5.74, 6) is 0.752. The van der Waals surface area contributed by atoms with Crippen LogP contribution in [0.5, 0.6) is 17.4 Å². The Hall–Kier alpha value is -4.42. The van der Waals surface area contributed by atoms with Gasteiger partial charge in [0.1, 0.15) is 28.8 Å². The lowest BCUT2D eigenvalue weighted by Crippen LogP contribution is -2.36. The number of aromatic hydroxyl groups is 1. The molecule has 0 unspecified atom stereocenters. The molecule has 1 aliphatic rings. The van der Waals surface area contributed by atoms with E-state index in [2.05, 4.69) is 14.9 Å². The minimum absolute atomic E-state index is 0.164. The summed E-state index contributed by atoms with van der Waals surface area (Å²) in [7, 11) is -1.61. The van der Waals surface area contributed by atoms with Crippen LogP contribution in [-0.2, 0) is 21.0 Å². The minimum atomic E-state index is -4.49. The number of rotatable bonds is 10. The monoisotopic (exact) mass is 606 g/mol. The van der Waals surface area contributed by atoms with E-state index in [1.807, 2.05) is 19.1 Å². The minimum Gasteiger partial charge on any atom is -0.494 e. The average molecular weight is 607 g/mol. The van der Waals surface area contributed by atoms with E-state index in [4.69, 9.17) is 14.2 Å². The van der Waals surface area contributed by atoms with Gasteiger partial charge in [-0.05, 0) is 48.4 Å². The van der Waals surface area contributed by atoms with Crippen molar-refractivity contribution >= 4 is 15.7 Å². The van der Waals surface area contributed by atoms with Crippen LogP contribution in [0.1, 0.15) is 25.6 Å². The molecule has 4 aromatic rings. The zero-order chi connectivity index (χ0) is 30.6. The number of ether oxygens (including phenoxy) is 3. The van der Waals surface area contributed by atoms with Crippen LogP contribution in [0.3, 0.4) is 0 Å². The van der Waals surface area contributed by atoms with E-state index in [0.717, 1.165) is 41.0 Å². The molecule has 0 spiro atoms. The number of para-hydroxylation sites is 1. The van der Waals surface area contributed by atoms with Crippen LogP contribution in [0.4, 0.5) is 5.82 Å². The van der Waals surface area contributed by atoms with E-state index < -0.39 is 26.2 Å². The second-order valence-electron chi connectivity index (χ2n) is 9.97. The Morgan fingerprint density at radius 3 is 2.19 bits per heavy atom. The van der Waals surface area contributed by atoms with Crippen LogP contribution in [0.15, 0.2) is 75.4 Å². The first kappa shape index (κ1) is 30.1. The molecule has 3 heterocycles. The molecular formula is C31H34N4O7S. The molecule has 1 N–H and O–H groups in total. The van der Waals surface area contributed by atoms with Crippen LogP contribution in [-0.4, -0.2) is 68.6 Å². The van der Waals surface area contributed by atoms with Crippen molar-refractivity contribution in [1.29, 1.82) is 0 Å². The number of aryl methyl sites for hydroxylation is 1. The molecule has 0 atom stereocenters. The van der Waals surface area contributed by atoms with Gasteiger partial charge in [0.05, 0.1) is 32.3 Å². The number of aromatic nitrogens is 3. The number of morpholine rings is 1. The maximum absolute atomic E-state index is 14.0. The smallest absolute Gasteiger partial charge is 0.281 e. The molecule has 1 saturated heterocycles. The highest BCUT2D eigenvalue weighted by molar-refractivity contribution is 7.91. The topological polar surface area (TPSA) is 133 Å². The fourth-order valence-corrected chi connectivity index (χ4v) is 6.38. The van der Waals surface area contributed by atoms with Crippen LogP contribution in [0.25, 0.3) is 16.8 Å². The lowest BCUT2D eigenvalue weighted by Gasteiger charge is -2.27. The fraction of sp³-hybridized carbons (Fsp3) is 0.323. The molecule has 2 aromatic heterocycles. The summed E-state index contributed by atoms with van der Waals surface area (Å²) in [6.45, 7) is 4.83. The van der Waals surface area contributed by atoms with E-state index in [1.54, 1.807) is 36.5 Å². The molecule has 43 heavy (non-hydrogen) atoms. The van der Waals surface area contributed by atoms with Gasteiger partial charge in [-0.25, -0.2) is 13.4 Å². The molecule has 0 amide bonds. The Balaban J connectivity index is 1.55. The summed E-state index contributed by atoms with van der Waals surface area (Å²) in [6, 6.07) is 14.9. The third-order valence-corrected chi connectivity index (χ3v) is 9.11. The standard InChI is InChI=1S/C31H34N4O7S/c1-4-5-9-27-33-30(36)29(31(37)35(27)28-24(40-2)7-6-8-25(28)41-3)43(38,39)23-13-10-21(11-14-23)22-12-15-26(32-20-22)34-16-18-42-19-17-34/h6-8,10-15,20,36H,4-5,9,16-19H2,1-3H3. The average Bonchev–Trinajstić information content (AvgIpc) is 3.04. The van der Waals surface area contributed by atoms with Crippen LogP contribution < -0.4 is 19.9 Å². The third-order valence-electron chi connectivity index (χ3n) is 7.32. The summed E-state index contributed by atoms with van der Waals surface area (Å²) in [6.07, 6.45) is 3.49. The first-order valence-electron chi connectivity index (χ1n) is 14.0. The molecule has 226 valence electrons. The molecule has 0 bridgehead atoms. The molecule has 0 aliphatic carbocycles. The van der Waals surface area contributed by atoms with Crippen molar-refractivity contribution in [2.45, 2.75) is 36.0 Å². The molecule has 0 radical (unpaired) electrons. The predicted molar refractivity (Wildman–Crippen MR) is 161 cm³/mol.